The molecule has 4 aromatic rings. The molecule has 0 saturated heterocycles. The summed E-state index contributed by atoms with van der Waals surface area (Å²) in [5.74, 6) is 2.43. The fourth-order valence-electron chi connectivity index (χ4n) is 4.23. The van der Waals surface area contributed by atoms with E-state index >= 15 is 0 Å². The number of allylic oxidation sites excluding steroid dienone is 1. The largest absolute Gasteiger partial charge is 0.497 e. The highest BCUT2D eigenvalue weighted by molar-refractivity contribution is 7.98. The number of carbonyl (C=O) groups is 1. The van der Waals surface area contributed by atoms with Crippen molar-refractivity contribution in [2.24, 2.45) is 0 Å². The second-order valence-corrected chi connectivity index (χ2v) is 9.98. The number of thioether (sulfide) groups is 1. The van der Waals surface area contributed by atoms with Crippen LogP contribution in [-0.4, -0.2) is 34.9 Å². The number of fused-ring (bicyclic) bond motifs is 1. The van der Waals surface area contributed by atoms with Gasteiger partial charge in [-0.15, -0.1) is 5.10 Å². The maximum Gasteiger partial charge on any atom is 0.255 e. The van der Waals surface area contributed by atoms with Crippen LogP contribution in [0.15, 0.2) is 89.2 Å². The summed E-state index contributed by atoms with van der Waals surface area (Å²) in [4.78, 5) is 18.4. The van der Waals surface area contributed by atoms with Gasteiger partial charge in [-0.1, -0.05) is 47.6 Å². The first-order chi connectivity index (χ1) is 18.4. The van der Waals surface area contributed by atoms with Crippen molar-refractivity contribution in [1.29, 1.82) is 0 Å². The molecule has 1 aromatic heterocycles. The summed E-state index contributed by atoms with van der Waals surface area (Å²) in [6.07, 6.45) is 0. The average Bonchev–Trinajstić information content (AvgIpc) is 3.34. The van der Waals surface area contributed by atoms with Gasteiger partial charge in [0.25, 0.3) is 5.91 Å². The number of hydrogen-bond donors (Lipinski definition) is 2. The van der Waals surface area contributed by atoms with Gasteiger partial charge in [0.1, 0.15) is 17.5 Å². The number of nitrogens with one attached hydrogen (secondary N) is 2. The summed E-state index contributed by atoms with van der Waals surface area (Å²) in [6.45, 7) is 1.87. The number of aromatic nitrogens is 3. The van der Waals surface area contributed by atoms with Crippen LogP contribution in [0.3, 0.4) is 0 Å². The monoisotopic (exact) mass is 547 g/mol. The van der Waals surface area contributed by atoms with E-state index in [1.165, 1.54) is 11.8 Å². The normalized spacial score (nSPS) is 14.5. The van der Waals surface area contributed by atoms with Crippen molar-refractivity contribution >= 4 is 40.9 Å². The second kappa shape index (κ2) is 11.2. The van der Waals surface area contributed by atoms with Crippen LogP contribution in [0.25, 0.3) is 0 Å². The molecule has 0 unspecified atom stereocenters. The topological polar surface area (TPSA) is 90.3 Å². The van der Waals surface area contributed by atoms with Gasteiger partial charge in [0.05, 0.1) is 19.8 Å². The molecule has 10 heteroatoms. The fourth-order valence-corrected chi connectivity index (χ4v) is 5.21. The Kier molecular flexibility index (Phi) is 7.57. The van der Waals surface area contributed by atoms with Crippen LogP contribution in [0.4, 0.5) is 11.6 Å². The van der Waals surface area contributed by atoms with Gasteiger partial charge < -0.3 is 20.1 Å². The number of amides is 1. The lowest BCUT2D eigenvalue weighted by molar-refractivity contribution is -0.113. The van der Waals surface area contributed by atoms with Crippen molar-refractivity contribution in [2.75, 3.05) is 24.9 Å². The Morgan fingerprint density at radius 3 is 2.39 bits per heavy atom. The number of carbonyl (C=O) groups excluding carboxylic acids is 1. The second-order valence-electron chi connectivity index (χ2n) is 8.60. The van der Waals surface area contributed by atoms with Crippen molar-refractivity contribution in [3.05, 3.63) is 100 Å². The molecule has 1 aliphatic rings. The first-order valence-electron chi connectivity index (χ1n) is 11.9. The molecule has 3 aromatic carbocycles. The van der Waals surface area contributed by atoms with E-state index < -0.39 is 6.04 Å². The minimum atomic E-state index is -0.497. The van der Waals surface area contributed by atoms with E-state index in [4.69, 9.17) is 31.2 Å². The molecule has 1 atom stereocenters. The van der Waals surface area contributed by atoms with E-state index in [0.29, 0.717) is 44.6 Å². The highest BCUT2D eigenvalue weighted by Crippen LogP contribution is 2.37. The van der Waals surface area contributed by atoms with Gasteiger partial charge in [0, 0.05) is 22.2 Å². The molecule has 0 fully saturated rings. The van der Waals surface area contributed by atoms with Crippen molar-refractivity contribution in [3.8, 4) is 11.5 Å². The smallest absolute Gasteiger partial charge is 0.255 e. The van der Waals surface area contributed by atoms with Gasteiger partial charge in [-0.25, -0.2) is 4.68 Å². The summed E-state index contributed by atoms with van der Waals surface area (Å²) in [5.41, 5.74) is 3.84. The van der Waals surface area contributed by atoms with Gasteiger partial charge in [0.15, 0.2) is 0 Å². The van der Waals surface area contributed by atoms with Crippen LogP contribution in [0.5, 0.6) is 11.5 Å². The molecule has 0 spiro atoms. The zero-order valence-corrected chi connectivity index (χ0v) is 22.6. The van der Waals surface area contributed by atoms with E-state index in [-0.39, 0.29) is 5.91 Å². The van der Waals surface area contributed by atoms with Gasteiger partial charge in [-0.05, 0) is 66.6 Å². The number of anilines is 2. The molecule has 1 amide bonds. The minimum absolute atomic E-state index is 0.240. The van der Waals surface area contributed by atoms with Crippen molar-refractivity contribution in [2.45, 2.75) is 23.9 Å². The Hall–Kier alpha value is -3.95. The molecular formula is C28H26ClN5O3S. The maximum absolute atomic E-state index is 13.7. The Balaban J connectivity index is 1.47. The Morgan fingerprint density at radius 2 is 1.74 bits per heavy atom. The number of hydrogen-bond acceptors (Lipinski definition) is 7. The van der Waals surface area contributed by atoms with Gasteiger partial charge >= 0.3 is 0 Å². The predicted octanol–water partition coefficient (Wildman–Crippen LogP) is 6.17. The molecule has 8 nitrogen and oxygen atoms in total. The standard InChI is InChI=1S/C28H26ClN5O3S/c1-17-24(26(35)31-21-9-13-23(37-3)14-10-21)25(19-7-11-22(36-2)12-8-19)34-27(30-17)32-28(33-34)38-16-18-5-4-6-20(29)15-18/h4-15,25H,16H2,1-3H3,(H,31,35)(H,30,32,33)/t25-/m1/s1. The molecule has 0 saturated carbocycles. The van der Waals surface area contributed by atoms with Crippen LogP contribution in [0.2, 0.25) is 5.02 Å². The van der Waals surface area contributed by atoms with Crippen LogP contribution < -0.4 is 20.1 Å². The number of halogens is 1. The molecule has 5 rings (SSSR count). The quantitative estimate of drug-likeness (QED) is 0.255. The first kappa shape index (κ1) is 25.7. The van der Waals surface area contributed by atoms with Gasteiger partial charge in [-0.2, -0.15) is 4.98 Å². The molecule has 0 aliphatic carbocycles. The molecule has 0 bridgehead atoms. The summed E-state index contributed by atoms with van der Waals surface area (Å²) in [5, 5.41) is 12.4. The number of ether oxygens (including phenoxy) is 2. The third-order valence-electron chi connectivity index (χ3n) is 6.11. The lowest BCUT2D eigenvalue weighted by Crippen LogP contribution is -2.31. The average molecular weight is 548 g/mol. The molecular weight excluding hydrogens is 522 g/mol. The molecule has 38 heavy (non-hydrogen) atoms. The molecule has 2 N–H and O–H groups in total. The van der Waals surface area contributed by atoms with Crippen molar-refractivity contribution in [3.63, 3.8) is 0 Å². The van der Waals surface area contributed by atoms with Crippen LogP contribution in [0.1, 0.15) is 24.1 Å². The van der Waals surface area contributed by atoms with E-state index in [2.05, 4.69) is 10.6 Å². The fraction of sp³-hybridized carbons (Fsp3) is 0.179. The SMILES string of the molecule is COc1ccc(NC(=O)C2=C(C)Nc3nc(SCc4cccc(Cl)c4)nn3[C@@H]2c2ccc(OC)cc2)cc1. The van der Waals surface area contributed by atoms with Gasteiger partial charge in [0.2, 0.25) is 11.1 Å². The van der Waals surface area contributed by atoms with Crippen molar-refractivity contribution in [1.82, 2.24) is 14.8 Å². The Labute approximate surface area is 230 Å². The lowest BCUT2D eigenvalue weighted by atomic mass is 9.95. The van der Waals surface area contributed by atoms with Crippen LogP contribution in [-0.2, 0) is 10.5 Å². The lowest BCUT2D eigenvalue weighted by Gasteiger charge is -2.28. The van der Waals surface area contributed by atoms with Crippen molar-refractivity contribution < 1.29 is 14.3 Å². The Morgan fingerprint density at radius 1 is 1.05 bits per heavy atom. The summed E-state index contributed by atoms with van der Waals surface area (Å²) in [7, 11) is 3.22. The molecule has 2 heterocycles. The van der Waals surface area contributed by atoms with Gasteiger partial charge in [-0.3, -0.25) is 4.79 Å². The number of rotatable bonds is 8. The number of methoxy groups -OCH3 is 2. The van der Waals surface area contributed by atoms with E-state index in [0.717, 1.165) is 16.9 Å². The summed E-state index contributed by atoms with van der Waals surface area (Å²) in [6, 6.07) is 22.0. The minimum Gasteiger partial charge on any atom is -0.497 e. The maximum atomic E-state index is 13.7. The predicted molar refractivity (Wildman–Crippen MR) is 150 cm³/mol. The number of nitrogens with zero attached hydrogens (tertiary/aromatic N) is 3. The van der Waals surface area contributed by atoms with E-state index in [1.54, 1.807) is 43.2 Å². The summed E-state index contributed by atoms with van der Waals surface area (Å²) >= 11 is 7.64. The molecule has 0 radical (unpaired) electrons. The third kappa shape index (κ3) is 5.49. The third-order valence-corrected chi connectivity index (χ3v) is 7.26. The Bertz CT molecular complexity index is 1490. The van der Waals surface area contributed by atoms with E-state index in [1.807, 2.05) is 55.5 Å². The molecule has 1 aliphatic heterocycles. The zero-order valence-electron chi connectivity index (χ0n) is 21.1. The zero-order chi connectivity index (χ0) is 26.6. The highest BCUT2D eigenvalue weighted by atomic mass is 35.5. The molecule has 194 valence electrons. The van der Waals surface area contributed by atoms with Crippen LogP contribution in [0, 0.1) is 0 Å². The highest BCUT2D eigenvalue weighted by Gasteiger charge is 2.34. The van der Waals surface area contributed by atoms with Crippen LogP contribution >= 0.6 is 23.4 Å². The number of benzene rings is 3. The summed E-state index contributed by atoms with van der Waals surface area (Å²) < 4.78 is 12.3. The van der Waals surface area contributed by atoms with E-state index in [9.17, 15) is 4.79 Å². The first-order valence-corrected chi connectivity index (χ1v) is 13.2.